The fourth-order valence-electron chi connectivity index (χ4n) is 3.98. The maximum absolute atomic E-state index is 12.9. The molecular formula is C28H24BrClN2O4S. The van der Waals surface area contributed by atoms with Crippen molar-refractivity contribution in [2.24, 2.45) is 0 Å². The Morgan fingerprint density at radius 2 is 1.78 bits per heavy atom. The van der Waals surface area contributed by atoms with Gasteiger partial charge in [0.1, 0.15) is 18.9 Å². The standard InChI is InChI=1S/C28H24BrClN2O4S/c1-16-10-17(2)26(18(3)11-16)31-25(33)14-32-27(34)24(37-28(32)35)13-19-8-9-23(21(29)12-19)36-15-20-6-4-5-7-22(20)30/h4-13H,14-15H2,1-3H3,(H,31,33)/b24-13+. The molecule has 3 amide bonds. The minimum atomic E-state index is -0.502. The van der Waals surface area contributed by atoms with Crippen molar-refractivity contribution in [3.63, 3.8) is 0 Å². The molecule has 0 bridgehead atoms. The third-order valence-electron chi connectivity index (χ3n) is 5.71. The summed E-state index contributed by atoms with van der Waals surface area (Å²) in [6, 6.07) is 16.7. The average Bonchev–Trinajstić information content (AvgIpc) is 3.09. The van der Waals surface area contributed by atoms with Crippen LogP contribution < -0.4 is 10.1 Å². The quantitative estimate of drug-likeness (QED) is 0.289. The molecule has 1 saturated heterocycles. The first-order valence-corrected chi connectivity index (χ1v) is 13.4. The van der Waals surface area contributed by atoms with Gasteiger partial charge in [0.05, 0.1) is 9.38 Å². The molecule has 1 N–H and O–H groups in total. The molecule has 1 aliphatic rings. The Kier molecular flexibility index (Phi) is 8.42. The molecule has 3 aromatic rings. The topological polar surface area (TPSA) is 75.7 Å². The van der Waals surface area contributed by atoms with Crippen LogP contribution in [-0.4, -0.2) is 28.5 Å². The number of ether oxygens (including phenoxy) is 1. The highest BCUT2D eigenvalue weighted by Crippen LogP contribution is 2.34. The zero-order chi connectivity index (χ0) is 26.7. The van der Waals surface area contributed by atoms with Gasteiger partial charge in [-0.15, -0.1) is 0 Å². The highest BCUT2D eigenvalue weighted by molar-refractivity contribution is 9.10. The summed E-state index contributed by atoms with van der Waals surface area (Å²) in [5, 5.41) is 2.98. The maximum Gasteiger partial charge on any atom is 0.294 e. The first-order chi connectivity index (χ1) is 17.6. The molecule has 4 rings (SSSR count). The SMILES string of the molecule is Cc1cc(C)c(NC(=O)CN2C(=O)S/C(=C/c3ccc(OCc4ccccc4Cl)c(Br)c3)C2=O)c(C)c1. The van der Waals surface area contributed by atoms with Crippen molar-refractivity contribution < 1.29 is 19.1 Å². The van der Waals surface area contributed by atoms with Crippen molar-refractivity contribution in [1.82, 2.24) is 4.90 Å². The van der Waals surface area contributed by atoms with Crippen LogP contribution in [0, 0.1) is 20.8 Å². The number of carbonyl (C=O) groups excluding carboxylic acids is 3. The number of carbonyl (C=O) groups is 3. The molecule has 0 aliphatic carbocycles. The molecule has 0 radical (unpaired) electrons. The van der Waals surface area contributed by atoms with Crippen LogP contribution in [0.25, 0.3) is 6.08 Å². The van der Waals surface area contributed by atoms with E-state index in [1.165, 1.54) is 0 Å². The molecule has 190 valence electrons. The van der Waals surface area contributed by atoms with Crippen molar-refractivity contribution in [3.05, 3.63) is 96.8 Å². The van der Waals surface area contributed by atoms with Gasteiger partial charge < -0.3 is 10.1 Å². The van der Waals surface area contributed by atoms with Crippen LogP contribution in [0.2, 0.25) is 5.02 Å². The third-order valence-corrected chi connectivity index (χ3v) is 7.61. The summed E-state index contributed by atoms with van der Waals surface area (Å²) in [7, 11) is 0. The lowest BCUT2D eigenvalue weighted by molar-refractivity contribution is -0.127. The van der Waals surface area contributed by atoms with Crippen LogP contribution in [0.4, 0.5) is 10.5 Å². The van der Waals surface area contributed by atoms with Gasteiger partial charge in [-0.3, -0.25) is 19.3 Å². The van der Waals surface area contributed by atoms with Gasteiger partial charge in [0.15, 0.2) is 0 Å². The molecule has 0 spiro atoms. The molecule has 0 saturated carbocycles. The van der Waals surface area contributed by atoms with Gasteiger partial charge in [-0.1, -0.05) is 53.6 Å². The van der Waals surface area contributed by atoms with E-state index >= 15 is 0 Å². The van der Waals surface area contributed by atoms with Gasteiger partial charge >= 0.3 is 0 Å². The second-order valence-corrected chi connectivity index (χ2v) is 10.9. The number of hydrogen-bond acceptors (Lipinski definition) is 5. The van der Waals surface area contributed by atoms with Crippen LogP contribution in [0.1, 0.15) is 27.8 Å². The van der Waals surface area contributed by atoms with Crippen LogP contribution in [0.5, 0.6) is 5.75 Å². The molecular weight excluding hydrogens is 576 g/mol. The lowest BCUT2D eigenvalue weighted by atomic mass is 10.1. The first-order valence-electron chi connectivity index (χ1n) is 11.4. The van der Waals surface area contributed by atoms with Gasteiger partial charge in [0.25, 0.3) is 11.1 Å². The molecule has 1 fully saturated rings. The van der Waals surface area contributed by atoms with Crippen LogP contribution in [-0.2, 0) is 16.2 Å². The highest BCUT2D eigenvalue weighted by atomic mass is 79.9. The molecule has 6 nitrogen and oxygen atoms in total. The Hall–Kier alpha value is -3.07. The zero-order valence-electron chi connectivity index (χ0n) is 20.4. The Morgan fingerprint density at radius 3 is 2.46 bits per heavy atom. The fraction of sp³-hybridized carbons (Fsp3) is 0.179. The molecule has 9 heteroatoms. The van der Waals surface area contributed by atoms with Gasteiger partial charge in [0.2, 0.25) is 5.91 Å². The molecule has 1 heterocycles. The number of aryl methyl sites for hydroxylation is 3. The van der Waals surface area contributed by atoms with Gasteiger partial charge in [0, 0.05) is 16.3 Å². The summed E-state index contributed by atoms with van der Waals surface area (Å²) in [6.07, 6.45) is 1.62. The second kappa shape index (κ2) is 11.5. The number of halogens is 2. The van der Waals surface area contributed by atoms with E-state index in [1.807, 2.05) is 51.1 Å². The predicted octanol–water partition coefficient (Wildman–Crippen LogP) is 7.28. The molecule has 0 aromatic heterocycles. The number of anilines is 1. The number of imide groups is 1. The Labute approximate surface area is 233 Å². The number of nitrogens with zero attached hydrogens (tertiary/aromatic N) is 1. The predicted molar refractivity (Wildman–Crippen MR) is 152 cm³/mol. The second-order valence-electron chi connectivity index (χ2n) is 8.66. The fourth-order valence-corrected chi connectivity index (χ4v) is 5.52. The molecule has 0 atom stereocenters. The third kappa shape index (κ3) is 6.44. The van der Waals surface area contributed by atoms with Gasteiger partial charge in [-0.25, -0.2) is 0 Å². The van der Waals surface area contributed by atoms with E-state index in [9.17, 15) is 14.4 Å². The van der Waals surface area contributed by atoms with Crippen molar-refractivity contribution >= 4 is 68.1 Å². The number of hydrogen-bond donors (Lipinski definition) is 1. The Bertz CT molecular complexity index is 1420. The normalized spacial score (nSPS) is 14.4. The van der Waals surface area contributed by atoms with Gasteiger partial charge in [-0.05, 0) is 89.4 Å². The van der Waals surface area contributed by atoms with Crippen molar-refractivity contribution in [3.8, 4) is 5.75 Å². The zero-order valence-corrected chi connectivity index (χ0v) is 23.6. The molecule has 0 unspecified atom stereocenters. The van der Waals surface area contributed by atoms with Crippen molar-refractivity contribution in [1.29, 1.82) is 0 Å². The van der Waals surface area contributed by atoms with Crippen LogP contribution >= 0.6 is 39.3 Å². The molecule has 37 heavy (non-hydrogen) atoms. The van der Waals surface area contributed by atoms with E-state index in [0.717, 1.165) is 38.9 Å². The highest BCUT2D eigenvalue weighted by Gasteiger charge is 2.36. The number of rotatable bonds is 7. The van der Waals surface area contributed by atoms with Crippen molar-refractivity contribution in [2.75, 3.05) is 11.9 Å². The van der Waals surface area contributed by atoms with E-state index < -0.39 is 17.1 Å². The van der Waals surface area contributed by atoms with Gasteiger partial charge in [-0.2, -0.15) is 0 Å². The maximum atomic E-state index is 12.9. The Balaban J connectivity index is 1.42. The monoisotopic (exact) mass is 598 g/mol. The lowest BCUT2D eigenvalue weighted by Crippen LogP contribution is -2.36. The van der Waals surface area contributed by atoms with E-state index in [0.29, 0.717) is 33.1 Å². The number of thioether (sulfide) groups is 1. The molecule has 3 aromatic carbocycles. The summed E-state index contributed by atoms with van der Waals surface area (Å²) < 4.78 is 6.56. The largest absolute Gasteiger partial charge is 0.488 e. The van der Waals surface area contributed by atoms with Crippen LogP contribution in [0.3, 0.4) is 0 Å². The number of amides is 3. The van der Waals surface area contributed by atoms with E-state index in [2.05, 4.69) is 21.2 Å². The smallest absolute Gasteiger partial charge is 0.294 e. The average molecular weight is 600 g/mol. The summed E-state index contributed by atoms with van der Waals surface area (Å²) in [5.41, 5.74) is 5.20. The van der Waals surface area contributed by atoms with E-state index in [1.54, 1.807) is 30.3 Å². The number of nitrogens with one attached hydrogen (secondary N) is 1. The first kappa shape index (κ1) is 27.0. The van der Waals surface area contributed by atoms with E-state index in [4.69, 9.17) is 16.3 Å². The summed E-state index contributed by atoms with van der Waals surface area (Å²) in [6.45, 7) is 5.75. The van der Waals surface area contributed by atoms with Crippen LogP contribution in [0.15, 0.2) is 64.0 Å². The summed E-state index contributed by atoms with van der Waals surface area (Å²) in [4.78, 5) is 39.3. The molecule has 1 aliphatic heterocycles. The minimum absolute atomic E-state index is 0.247. The lowest BCUT2D eigenvalue weighted by Gasteiger charge is -2.15. The Morgan fingerprint density at radius 1 is 1.08 bits per heavy atom. The minimum Gasteiger partial charge on any atom is -0.488 e. The van der Waals surface area contributed by atoms with Crippen molar-refractivity contribution in [2.45, 2.75) is 27.4 Å². The summed E-state index contributed by atoms with van der Waals surface area (Å²) in [5.74, 6) is -0.317. The van der Waals surface area contributed by atoms with E-state index in [-0.39, 0.29) is 11.4 Å². The summed E-state index contributed by atoms with van der Waals surface area (Å²) >= 11 is 10.5. The number of benzene rings is 3.